The SMILES string of the molecule is Cc1cc(OCc2ccccc2)c(C(=O)C=CC2=CCCCC2)c(OCc2ccccc2)c1. The number of carbonyl (C=O) groups excluding carboxylic acids is 1. The zero-order valence-electron chi connectivity index (χ0n) is 19.1. The largest absolute Gasteiger partial charge is 0.488 e. The minimum atomic E-state index is -0.104. The topological polar surface area (TPSA) is 35.5 Å². The number of hydrogen-bond donors (Lipinski definition) is 0. The van der Waals surface area contributed by atoms with Crippen LogP contribution in [0, 0.1) is 6.92 Å². The van der Waals surface area contributed by atoms with Crippen molar-refractivity contribution in [3.63, 3.8) is 0 Å². The summed E-state index contributed by atoms with van der Waals surface area (Å²) in [4.78, 5) is 13.4. The lowest BCUT2D eigenvalue weighted by atomic mass is 9.98. The Hall–Kier alpha value is -3.59. The Morgan fingerprint density at radius 1 is 0.848 bits per heavy atom. The lowest BCUT2D eigenvalue weighted by Gasteiger charge is -2.16. The van der Waals surface area contributed by atoms with Crippen LogP contribution in [0.4, 0.5) is 0 Å². The molecule has 1 aliphatic rings. The first-order valence-electron chi connectivity index (χ1n) is 11.6. The van der Waals surface area contributed by atoms with Crippen LogP contribution in [0.15, 0.2) is 96.6 Å². The van der Waals surface area contributed by atoms with Crippen molar-refractivity contribution in [1.82, 2.24) is 0 Å². The van der Waals surface area contributed by atoms with Gasteiger partial charge in [0.2, 0.25) is 0 Å². The van der Waals surface area contributed by atoms with Gasteiger partial charge >= 0.3 is 0 Å². The maximum atomic E-state index is 13.4. The fourth-order valence-corrected chi connectivity index (χ4v) is 3.94. The third kappa shape index (κ3) is 6.45. The molecule has 0 saturated heterocycles. The lowest BCUT2D eigenvalue weighted by molar-refractivity contribution is 0.103. The van der Waals surface area contributed by atoms with Crippen molar-refractivity contribution in [3.05, 3.63) is 119 Å². The summed E-state index contributed by atoms with van der Waals surface area (Å²) in [5.41, 5.74) is 4.77. The van der Waals surface area contributed by atoms with Crippen molar-refractivity contribution in [2.45, 2.75) is 45.8 Å². The van der Waals surface area contributed by atoms with Crippen molar-refractivity contribution >= 4 is 5.78 Å². The van der Waals surface area contributed by atoms with Crippen molar-refractivity contribution in [1.29, 1.82) is 0 Å². The fourth-order valence-electron chi connectivity index (χ4n) is 3.94. The number of carbonyl (C=O) groups is 1. The van der Waals surface area contributed by atoms with Gasteiger partial charge in [-0.1, -0.05) is 78.4 Å². The molecule has 3 heteroatoms. The standard InChI is InChI=1S/C30H30O3/c1-23-19-28(32-21-25-13-7-3-8-14-25)30(27(31)18-17-24-11-5-2-6-12-24)29(20-23)33-22-26-15-9-4-10-16-26/h3-4,7-11,13-20H,2,5-6,12,21-22H2,1H3. The molecule has 168 valence electrons. The molecule has 3 nitrogen and oxygen atoms in total. The first-order valence-corrected chi connectivity index (χ1v) is 11.6. The summed E-state index contributed by atoms with van der Waals surface area (Å²) in [5, 5.41) is 0. The minimum Gasteiger partial charge on any atom is -0.488 e. The van der Waals surface area contributed by atoms with Crippen LogP contribution in [0.1, 0.15) is 52.7 Å². The summed E-state index contributed by atoms with van der Waals surface area (Å²) in [6.45, 7) is 2.76. The molecule has 0 heterocycles. The average molecular weight is 439 g/mol. The average Bonchev–Trinajstić information content (AvgIpc) is 2.86. The van der Waals surface area contributed by atoms with Gasteiger partial charge < -0.3 is 9.47 Å². The molecule has 0 atom stereocenters. The molecule has 0 radical (unpaired) electrons. The maximum Gasteiger partial charge on any atom is 0.193 e. The molecule has 3 aromatic carbocycles. The summed E-state index contributed by atoms with van der Waals surface area (Å²) >= 11 is 0. The highest BCUT2D eigenvalue weighted by Gasteiger charge is 2.19. The summed E-state index contributed by atoms with van der Waals surface area (Å²) in [7, 11) is 0. The molecule has 3 aromatic rings. The van der Waals surface area contributed by atoms with E-state index in [0.29, 0.717) is 30.3 Å². The second kappa shape index (κ2) is 11.3. The van der Waals surface area contributed by atoms with Crippen LogP contribution in [-0.2, 0) is 13.2 Å². The van der Waals surface area contributed by atoms with Crippen molar-refractivity contribution in [3.8, 4) is 11.5 Å². The van der Waals surface area contributed by atoms with Gasteiger partial charge in [0.25, 0.3) is 0 Å². The van der Waals surface area contributed by atoms with Gasteiger partial charge in [-0.2, -0.15) is 0 Å². The van der Waals surface area contributed by atoms with Crippen LogP contribution in [-0.4, -0.2) is 5.78 Å². The molecule has 1 aliphatic carbocycles. The van der Waals surface area contributed by atoms with Gasteiger partial charge in [0, 0.05) is 0 Å². The van der Waals surface area contributed by atoms with E-state index in [0.717, 1.165) is 29.5 Å². The number of aryl methyl sites for hydroxylation is 1. The van der Waals surface area contributed by atoms with Gasteiger partial charge in [-0.05, 0) is 67.5 Å². The van der Waals surface area contributed by atoms with E-state index in [4.69, 9.17) is 9.47 Å². The van der Waals surface area contributed by atoms with E-state index < -0.39 is 0 Å². The summed E-state index contributed by atoms with van der Waals surface area (Å²) in [6.07, 6.45) is 10.3. The summed E-state index contributed by atoms with van der Waals surface area (Å²) in [6, 6.07) is 23.8. The van der Waals surface area contributed by atoms with Crippen LogP contribution < -0.4 is 9.47 Å². The van der Waals surface area contributed by atoms with Gasteiger partial charge in [-0.15, -0.1) is 0 Å². The third-order valence-corrected chi connectivity index (χ3v) is 5.71. The van der Waals surface area contributed by atoms with E-state index >= 15 is 0 Å². The summed E-state index contributed by atoms with van der Waals surface area (Å²) in [5.74, 6) is 0.996. The normalized spacial score (nSPS) is 13.5. The predicted octanol–water partition coefficient (Wildman–Crippen LogP) is 7.39. The Balaban J connectivity index is 1.63. The van der Waals surface area contributed by atoms with Gasteiger partial charge in [-0.25, -0.2) is 0 Å². The molecule has 0 unspecified atom stereocenters. The summed E-state index contributed by atoms with van der Waals surface area (Å²) < 4.78 is 12.3. The fraction of sp³-hybridized carbons (Fsp3) is 0.233. The van der Waals surface area contributed by atoms with Crippen LogP contribution >= 0.6 is 0 Å². The quantitative estimate of drug-likeness (QED) is 0.258. The molecule has 4 rings (SSSR count). The number of rotatable bonds is 9. The molecule has 0 aromatic heterocycles. The zero-order valence-corrected chi connectivity index (χ0v) is 19.1. The number of ketones is 1. The third-order valence-electron chi connectivity index (χ3n) is 5.71. The highest BCUT2D eigenvalue weighted by atomic mass is 16.5. The second-order valence-corrected chi connectivity index (χ2v) is 8.41. The number of allylic oxidation sites excluding steroid dienone is 4. The van der Waals surface area contributed by atoms with E-state index in [9.17, 15) is 4.79 Å². The minimum absolute atomic E-state index is 0.104. The first-order chi connectivity index (χ1) is 16.2. The van der Waals surface area contributed by atoms with E-state index in [1.54, 1.807) is 6.08 Å². The monoisotopic (exact) mass is 438 g/mol. The van der Waals surface area contributed by atoms with Gasteiger partial charge in [0.1, 0.15) is 30.3 Å². The van der Waals surface area contributed by atoms with Gasteiger partial charge in [-0.3, -0.25) is 4.79 Å². The number of hydrogen-bond acceptors (Lipinski definition) is 3. The Bertz CT molecular complexity index is 1060. The second-order valence-electron chi connectivity index (χ2n) is 8.41. The molecule has 33 heavy (non-hydrogen) atoms. The first kappa shape index (κ1) is 22.6. The number of ether oxygens (including phenoxy) is 2. The predicted molar refractivity (Wildman–Crippen MR) is 133 cm³/mol. The maximum absolute atomic E-state index is 13.4. The molecule has 0 N–H and O–H groups in total. The molecule has 0 spiro atoms. The Labute approximate surface area is 196 Å². The van der Waals surface area contributed by atoms with Gasteiger partial charge in [0.05, 0.1) is 0 Å². The Kier molecular flexibility index (Phi) is 7.76. The van der Waals surface area contributed by atoms with Crippen molar-refractivity contribution < 1.29 is 14.3 Å². The molecule has 0 amide bonds. The molecule has 0 bridgehead atoms. The Morgan fingerprint density at radius 3 is 1.94 bits per heavy atom. The van der Waals surface area contributed by atoms with Crippen molar-refractivity contribution in [2.24, 2.45) is 0 Å². The van der Waals surface area contributed by atoms with E-state index in [2.05, 4.69) is 6.08 Å². The molecule has 0 fully saturated rings. The number of benzene rings is 3. The van der Waals surface area contributed by atoms with Crippen LogP contribution in [0.25, 0.3) is 0 Å². The highest BCUT2D eigenvalue weighted by molar-refractivity contribution is 6.09. The Morgan fingerprint density at radius 2 is 1.42 bits per heavy atom. The molecular weight excluding hydrogens is 408 g/mol. The van der Waals surface area contributed by atoms with Crippen LogP contribution in [0.3, 0.4) is 0 Å². The van der Waals surface area contributed by atoms with E-state index in [-0.39, 0.29) is 5.78 Å². The lowest BCUT2D eigenvalue weighted by Crippen LogP contribution is -2.07. The zero-order chi connectivity index (χ0) is 22.9. The molecule has 0 saturated carbocycles. The van der Waals surface area contributed by atoms with E-state index in [1.807, 2.05) is 85.8 Å². The van der Waals surface area contributed by atoms with Crippen LogP contribution in [0.2, 0.25) is 0 Å². The smallest absolute Gasteiger partial charge is 0.193 e. The van der Waals surface area contributed by atoms with E-state index in [1.165, 1.54) is 18.4 Å². The molecule has 0 aliphatic heterocycles. The van der Waals surface area contributed by atoms with Gasteiger partial charge in [0.15, 0.2) is 5.78 Å². The van der Waals surface area contributed by atoms with Crippen molar-refractivity contribution in [2.75, 3.05) is 0 Å². The highest BCUT2D eigenvalue weighted by Crippen LogP contribution is 2.33. The van der Waals surface area contributed by atoms with Crippen LogP contribution in [0.5, 0.6) is 11.5 Å². The molecular formula is C30H30O3.